The van der Waals surface area contributed by atoms with Gasteiger partial charge in [0.2, 0.25) is 0 Å². The third kappa shape index (κ3) is 6.25. The summed E-state index contributed by atoms with van der Waals surface area (Å²) in [6.07, 6.45) is 0. The molecule has 0 saturated heterocycles. The number of aromatic nitrogens is 2. The molecule has 1 heterocycles. The van der Waals surface area contributed by atoms with Crippen molar-refractivity contribution in [2.45, 2.75) is 0 Å². The van der Waals surface area contributed by atoms with E-state index in [2.05, 4.69) is 15.5 Å². The zero-order chi connectivity index (χ0) is 16.5. The number of hydrogen-bond acceptors (Lipinski definition) is 4. The van der Waals surface area contributed by atoms with E-state index in [0.717, 1.165) is 5.06 Å². The van der Waals surface area contributed by atoms with Crippen LogP contribution in [0.4, 0.5) is 10.5 Å². The average Bonchev–Trinajstić information content (AvgIpc) is 2.52. The smallest absolute Gasteiger partial charge is 0.306 e. The van der Waals surface area contributed by atoms with Crippen LogP contribution in [-0.4, -0.2) is 35.4 Å². The van der Waals surface area contributed by atoms with Crippen LogP contribution in [0, 0.1) is 0 Å². The Labute approximate surface area is 130 Å². The number of benzene rings is 1. The summed E-state index contributed by atoms with van der Waals surface area (Å²) in [6, 6.07) is 8.81. The molecule has 0 spiro atoms. The number of nitrogens with one attached hydrogen (secondary N) is 3. The molecule has 3 N–H and O–H groups in total. The summed E-state index contributed by atoms with van der Waals surface area (Å²) in [5, 5.41) is 8.56. The highest BCUT2D eigenvalue weighted by atomic mass is 35.5. The van der Waals surface area contributed by atoms with Crippen LogP contribution in [0.25, 0.3) is 0 Å². The first kappa shape index (κ1) is 17.5. The fourth-order valence-electron chi connectivity index (χ4n) is 1.18. The van der Waals surface area contributed by atoms with Gasteiger partial charge in [-0.05, 0) is 24.3 Å². The van der Waals surface area contributed by atoms with Crippen molar-refractivity contribution in [1.82, 2.24) is 15.3 Å². The van der Waals surface area contributed by atoms with Crippen molar-refractivity contribution in [3.63, 3.8) is 0 Å². The Morgan fingerprint density at radius 1 is 1.09 bits per heavy atom. The second kappa shape index (κ2) is 8.65. The maximum absolute atomic E-state index is 11.3. The number of hydroxylamine groups is 2. The summed E-state index contributed by atoms with van der Waals surface area (Å²) >= 11 is 5.69. The van der Waals surface area contributed by atoms with Crippen LogP contribution in [0.5, 0.6) is 0 Å². The highest BCUT2D eigenvalue weighted by molar-refractivity contribution is 6.30. The van der Waals surface area contributed by atoms with Crippen molar-refractivity contribution >= 4 is 23.3 Å². The van der Waals surface area contributed by atoms with Gasteiger partial charge in [-0.2, -0.15) is 0 Å². The third-order valence-corrected chi connectivity index (χ3v) is 2.60. The first-order valence-electron chi connectivity index (χ1n) is 6.05. The van der Waals surface area contributed by atoms with Gasteiger partial charge in [0.1, 0.15) is 0 Å². The average molecular weight is 327 g/mol. The molecule has 118 valence electrons. The third-order valence-electron chi connectivity index (χ3n) is 2.35. The number of anilines is 1. The van der Waals surface area contributed by atoms with Crippen molar-refractivity contribution in [2.75, 3.05) is 19.5 Å². The zero-order valence-electron chi connectivity index (χ0n) is 11.9. The number of urea groups is 1. The number of rotatable bonds is 2. The quantitative estimate of drug-likeness (QED) is 0.725. The molecule has 0 unspecified atom stereocenters. The molecular formula is C13H15ClN4O4. The highest BCUT2D eigenvalue weighted by Crippen LogP contribution is 2.13. The monoisotopic (exact) mass is 326 g/mol. The fourth-order valence-corrected chi connectivity index (χ4v) is 1.30. The van der Waals surface area contributed by atoms with Crippen LogP contribution in [0.2, 0.25) is 5.02 Å². The highest BCUT2D eigenvalue weighted by Gasteiger charge is 2.06. The van der Waals surface area contributed by atoms with Gasteiger partial charge in [-0.1, -0.05) is 11.6 Å². The second-order valence-corrected chi connectivity index (χ2v) is 4.37. The number of carbonyl (C=O) groups is 1. The van der Waals surface area contributed by atoms with E-state index in [1.165, 1.54) is 26.3 Å². The summed E-state index contributed by atoms with van der Waals surface area (Å²) in [5.41, 5.74) is 0.0671. The minimum absolute atomic E-state index is 0.301. The molecule has 0 atom stereocenters. The van der Waals surface area contributed by atoms with E-state index in [1.54, 1.807) is 24.3 Å². The number of halogens is 1. The molecule has 0 aliphatic rings. The van der Waals surface area contributed by atoms with Gasteiger partial charge in [0, 0.05) is 29.9 Å². The van der Waals surface area contributed by atoms with Gasteiger partial charge in [0.05, 0.1) is 7.11 Å². The summed E-state index contributed by atoms with van der Waals surface area (Å²) in [6.45, 7) is 0. The maximum atomic E-state index is 11.3. The van der Waals surface area contributed by atoms with E-state index < -0.39 is 0 Å². The minimum atomic E-state index is -0.338. The van der Waals surface area contributed by atoms with Gasteiger partial charge >= 0.3 is 6.03 Å². The summed E-state index contributed by atoms with van der Waals surface area (Å²) in [5.74, 6) is 0. The number of nitrogens with zero attached hydrogens (tertiary/aromatic N) is 1. The Balaban J connectivity index is 0.000000255. The Bertz CT molecular complexity index is 658. The van der Waals surface area contributed by atoms with Crippen molar-refractivity contribution < 1.29 is 9.63 Å². The summed E-state index contributed by atoms with van der Waals surface area (Å²) in [7, 11) is 2.94. The van der Waals surface area contributed by atoms with Crippen molar-refractivity contribution in [3.05, 3.63) is 62.1 Å². The van der Waals surface area contributed by atoms with Gasteiger partial charge in [-0.15, -0.1) is 0 Å². The molecule has 22 heavy (non-hydrogen) atoms. The van der Waals surface area contributed by atoms with E-state index >= 15 is 0 Å². The fraction of sp³-hybridized carbons (Fsp3) is 0.154. The number of carbonyl (C=O) groups excluding carboxylic acids is 1. The van der Waals surface area contributed by atoms with Gasteiger partial charge in [0.25, 0.3) is 11.1 Å². The largest absolute Gasteiger partial charge is 0.345 e. The van der Waals surface area contributed by atoms with Crippen LogP contribution in [0.1, 0.15) is 0 Å². The van der Waals surface area contributed by atoms with Crippen LogP contribution < -0.4 is 16.4 Å². The number of amides is 2. The van der Waals surface area contributed by atoms with Crippen LogP contribution >= 0.6 is 11.6 Å². The van der Waals surface area contributed by atoms with E-state index in [4.69, 9.17) is 16.4 Å². The molecule has 2 aromatic rings. The summed E-state index contributed by atoms with van der Waals surface area (Å²) in [4.78, 5) is 36.4. The topological polar surface area (TPSA) is 107 Å². The Morgan fingerprint density at radius 3 is 2.00 bits per heavy atom. The molecule has 9 heteroatoms. The zero-order valence-corrected chi connectivity index (χ0v) is 12.7. The number of hydrogen-bond donors (Lipinski definition) is 3. The normalized spacial score (nSPS) is 9.41. The van der Waals surface area contributed by atoms with Crippen LogP contribution in [-0.2, 0) is 4.84 Å². The molecule has 0 fully saturated rings. The molecule has 2 amide bonds. The molecule has 1 aromatic carbocycles. The molecule has 0 aliphatic heterocycles. The van der Waals surface area contributed by atoms with E-state index in [-0.39, 0.29) is 17.1 Å². The standard InChI is InChI=1S/C9H11ClN2O2.C4H4N2O2/c1-12(14-2)9(13)11-8-5-3-7(10)4-6-8;7-3-1-2-4(8)6-5-3/h3-6H,1-2H3,(H,11,13);1-2H,(H,5,7)(H,6,8). The number of aromatic amines is 2. The molecule has 0 saturated carbocycles. The van der Waals surface area contributed by atoms with Gasteiger partial charge in [-0.25, -0.2) is 9.86 Å². The van der Waals surface area contributed by atoms with Gasteiger partial charge in [-0.3, -0.25) is 24.6 Å². The van der Waals surface area contributed by atoms with Gasteiger partial charge in [0.15, 0.2) is 0 Å². The van der Waals surface area contributed by atoms with E-state index in [1.807, 2.05) is 0 Å². The molecule has 2 rings (SSSR count). The van der Waals surface area contributed by atoms with Crippen LogP contribution in [0.3, 0.4) is 0 Å². The van der Waals surface area contributed by atoms with Crippen LogP contribution in [0.15, 0.2) is 46.0 Å². The predicted octanol–water partition coefficient (Wildman–Crippen LogP) is 1.43. The SMILES string of the molecule is CON(C)C(=O)Nc1ccc(Cl)cc1.O=c1ccc(=O)[nH][nH]1. The Morgan fingerprint density at radius 2 is 1.59 bits per heavy atom. The van der Waals surface area contributed by atoms with Crippen molar-refractivity contribution in [1.29, 1.82) is 0 Å². The Hall–Kier alpha value is -2.58. The molecule has 0 aliphatic carbocycles. The second-order valence-electron chi connectivity index (χ2n) is 3.93. The van der Waals surface area contributed by atoms with E-state index in [0.29, 0.717) is 10.7 Å². The molecular weight excluding hydrogens is 312 g/mol. The first-order chi connectivity index (χ1) is 10.4. The predicted molar refractivity (Wildman–Crippen MR) is 82.9 cm³/mol. The van der Waals surface area contributed by atoms with Crippen molar-refractivity contribution in [2.24, 2.45) is 0 Å². The molecule has 0 bridgehead atoms. The lowest BCUT2D eigenvalue weighted by Crippen LogP contribution is -2.30. The molecule has 1 aromatic heterocycles. The van der Waals surface area contributed by atoms with Crippen molar-refractivity contribution in [3.8, 4) is 0 Å². The van der Waals surface area contributed by atoms with Gasteiger partial charge < -0.3 is 5.32 Å². The van der Waals surface area contributed by atoms with E-state index in [9.17, 15) is 14.4 Å². The number of H-pyrrole nitrogens is 2. The Kier molecular flexibility index (Phi) is 6.87. The molecule has 0 radical (unpaired) electrons. The lowest BCUT2D eigenvalue weighted by molar-refractivity contribution is -0.0598. The molecule has 8 nitrogen and oxygen atoms in total. The minimum Gasteiger partial charge on any atom is -0.306 e. The summed E-state index contributed by atoms with van der Waals surface area (Å²) < 4.78 is 0. The maximum Gasteiger partial charge on any atom is 0.345 e. The lowest BCUT2D eigenvalue weighted by Gasteiger charge is -2.14. The first-order valence-corrected chi connectivity index (χ1v) is 6.42. The lowest BCUT2D eigenvalue weighted by atomic mass is 10.3.